The second-order valence-electron chi connectivity index (χ2n) is 7.17. The maximum atomic E-state index is 6.62. The number of aromatic nitrogens is 2. The molecule has 0 spiro atoms. The summed E-state index contributed by atoms with van der Waals surface area (Å²) in [5.41, 5.74) is 1.17. The van der Waals surface area contributed by atoms with Gasteiger partial charge in [-0.2, -0.15) is 0 Å². The molecule has 1 fully saturated rings. The third kappa shape index (κ3) is 3.91. The largest absolute Gasteiger partial charge is 0.495 e. The predicted molar refractivity (Wildman–Crippen MR) is 119 cm³/mol. The Labute approximate surface area is 184 Å². The van der Waals surface area contributed by atoms with Crippen molar-refractivity contribution in [2.24, 2.45) is 5.92 Å². The van der Waals surface area contributed by atoms with Gasteiger partial charge in [0.25, 0.3) is 0 Å². The number of hydrogen-bond donors (Lipinski definition) is 0. The summed E-state index contributed by atoms with van der Waals surface area (Å²) >= 11 is 19.4. The lowest BCUT2D eigenvalue weighted by molar-refractivity contribution is 0.395. The third-order valence-corrected chi connectivity index (χ3v) is 6.04. The predicted octanol–water partition coefficient (Wildman–Crippen LogP) is 6.12. The molecule has 0 aliphatic heterocycles. The standard InChI is InChI=1S/C21H20Cl3N3O2/c1-27(10-11-4-5-11)21-13-7-17(22)25-9-12(13)6-14(26-21)18-19(23)15(28-2)8-16(29-3)20(18)24/h6-9,11H,4-5,10H2,1-3H3. The molecular formula is C21H20Cl3N3O2. The van der Waals surface area contributed by atoms with Crippen molar-refractivity contribution in [3.8, 4) is 22.8 Å². The molecule has 1 aliphatic carbocycles. The summed E-state index contributed by atoms with van der Waals surface area (Å²) in [6, 6.07) is 5.40. The number of nitrogens with zero attached hydrogens (tertiary/aromatic N) is 3. The van der Waals surface area contributed by atoms with Gasteiger partial charge in [0.1, 0.15) is 22.5 Å². The zero-order valence-electron chi connectivity index (χ0n) is 16.3. The molecule has 29 heavy (non-hydrogen) atoms. The number of methoxy groups -OCH3 is 2. The van der Waals surface area contributed by atoms with Crippen molar-refractivity contribution in [2.75, 3.05) is 32.7 Å². The average Bonchev–Trinajstić information content (AvgIpc) is 3.52. The van der Waals surface area contributed by atoms with E-state index in [1.54, 1.807) is 26.5 Å². The highest BCUT2D eigenvalue weighted by Gasteiger charge is 2.26. The van der Waals surface area contributed by atoms with Gasteiger partial charge in [0, 0.05) is 42.2 Å². The molecule has 2 aromatic heterocycles. The summed E-state index contributed by atoms with van der Waals surface area (Å²) in [6.07, 6.45) is 4.22. The Morgan fingerprint density at radius 3 is 2.28 bits per heavy atom. The average molecular weight is 453 g/mol. The van der Waals surface area contributed by atoms with Gasteiger partial charge in [-0.15, -0.1) is 0 Å². The molecule has 4 rings (SSSR count). The zero-order chi connectivity index (χ0) is 20.7. The van der Waals surface area contributed by atoms with E-state index in [9.17, 15) is 0 Å². The lowest BCUT2D eigenvalue weighted by atomic mass is 10.1. The molecule has 2 heterocycles. The number of pyridine rings is 2. The van der Waals surface area contributed by atoms with Gasteiger partial charge in [0.05, 0.1) is 30.0 Å². The lowest BCUT2D eigenvalue weighted by Gasteiger charge is -2.22. The highest BCUT2D eigenvalue weighted by Crippen LogP contribution is 2.46. The number of rotatable bonds is 6. The van der Waals surface area contributed by atoms with E-state index < -0.39 is 0 Å². The van der Waals surface area contributed by atoms with E-state index >= 15 is 0 Å². The minimum atomic E-state index is 0.378. The van der Waals surface area contributed by atoms with Gasteiger partial charge in [-0.1, -0.05) is 34.8 Å². The van der Waals surface area contributed by atoms with E-state index in [1.165, 1.54) is 12.8 Å². The topological polar surface area (TPSA) is 47.5 Å². The number of halogens is 3. The van der Waals surface area contributed by atoms with E-state index in [0.717, 1.165) is 23.1 Å². The van der Waals surface area contributed by atoms with Crippen LogP contribution < -0.4 is 14.4 Å². The second-order valence-corrected chi connectivity index (χ2v) is 8.31. The Balaban J connectivity index is 1.96. The summed E-state index contributed by atoms with van der Waals surface area (Å²) in [7, 11) is 5.13. The van der Waals surface area contributed by atoms with Gasteiger partial charge >= 0.3 is 0 Å². The summed E-state index contributed by atoms with van der Waals surface area (Å²) in [5, 5.41) is 3.00. The second kappa shape index (κ2) is 8.05. The van der Waals surface area contributed by atoms with Crippen molar-refractivity contribution < 1.29 is 9.47 Å². The highest BCUT2D eigenvalue weighted by atomic mass is 35.5. The number of hydrogen-bond acceptors (Lipinski definition) is 5. The molecule has 5 nitrogen and oxygen atoms in total. The van der Waals surface area contributed by atoms with Gasteiger partial charge in [-0.25, -0.2) is 9.97 Å². The Morgan fingerprint density at radius 1 is 1.03 bits per heavy atom. The first-order valence-electron chi connectivity index (χ1n) is 9.20. The van der Waals surface area contributed by atoms with Crippen LogP contribution in [0.5, 0.6) is 11.5 Å². The van der Waals surface area contributed by atoms with Crippen LogP contribution in [0.2, 0.25) is 15.2 Å². The number of benzene rings is 1. The monoisotopic (exact) mass is 451 g/mol. The Hall–Kier alpha value is -1.95. The van der Waals surface area contributed by atoms with E-state index in [1.807, 2.05) is 19.2 Å². The number of fused-ring (bicyclic) bond motifs is 1. The van der Waals surface area contributed by atoms with Crippen molar-refractivity contribution in [1.82, 2.24) is 9.97 Å². The fourth-order valence-electron chi connectivity index (χ4n) is 3.41. The maximum absolute atomic E-state index is 6.62. The first kappa shape index (κ1) is 20.3. The fourth-order valence-corrected chi connectivity index (χ4v) is 4.26. The molecule has 0 bridgehead atoms. The van der Waals surface area contributed by atoms with Crippen LogP contribution in [-0.2, 0) is 0 Å². The van der Waals surface area contributed by atoms with Crippen LogP contribution in [0.4, 0.5) is 5.82 Å². The molecule has 0 unspecified atom stereocenters. The van der Waals surface area contributed by atoms with Gasteiger partial charge in [-0.05, 0) is 30.9 Å². The SMILES string of the molecule is COc1cc(OC)c(Cl)c(-c2cc3cnc(Cl)cc3c(N(C)CC3CC3)n2)c1Cl. The Kier molecular flexibility index (Phi) is 5.65. The molecule has 1 aromatic carbocycles. The first-order valence-corrected chi connectivity index (χ1v) is 10.3. The van der Waals surface area contributed by atoms with Gasteiger partial charge in [-0.3, -0.25) is 0 Å². The zero-order valence-corrected chi connectivity index (χ0v) is 18.6. The quantitative estimate of drug-likeness (QED) is 0.422. The molecule has 0 radical (unpaired) electrons. The molecule has 1 aliphatic rings. The van der Waals surface area contributed by atoms with E-state index in [2.05, 4.69) is 9.88 Å². The first-order chi connectivity index (χ1) is 13.9. The summed E-state index contributed by atoms with van der Waals surface area (Å²) < 4.78 is 10.8. The van der Waals surface area contributed by atoms with Crippen molar-refractivity contribution in [3.05, 3.63) is 39.6 Å². The smallest absolute Gasteiger partial charge is 0.141 e. The molecule has 152 valence electrons. The van der Waals surface area contributed by atoms with E-state index in [-0.39, 0.29) is 0 Å². The van der Waals surface area contributed by atoms with Gasteiger partial charge < -0.3 is 14.4 Å². The van der Waals surface area contributed by atoms with E-state index in [4.69, 9.17) is 49.3 Å². The minimum Gasteiger partial charge on any atom is -0.495 e. The van der Waals surface area contributed by atoms with Crippen molar-refractivity contribution >= 4 is 51.4 Å². The summed E-state index contributed by atoms with van der Waals surface area (Å²) in [6.45, 7) is 0.925. The normalized spacial score (nSPS) is 13.6. The summed E-state index contributed by atoms with van der Waals surface area (Å²) in [4.78, 5) is 11.3. The van der Waals surface area contributed by atoms with Gasteiger partial charge in [0.2, 0.25) is 0 Å². The highest BCUT2D eigenvalue weighted by molar-refractivity contribution is 6.41. The molecule has 0 amide bonds. The molecular weight excluding hydrogens is 433 g/mol. The van der Waals surface area contributed by atoms with E-state index in [0.29, 0.717) is 43.9 Å². The maximum Gasteiger partial charge on any atom is 0.141 e. The Bertz CT molecular complexity index is 1060. The minimum absolute atomic E-state index is 0.378. The van der Waals surface area contributed by atoms with Crippen LogP contribution in [0.15, 0.2) is 24.4 Å². The van der Waals surface area contributed by atoms with Crippen molar-refractivity contribution in [3.63, 3.8) is 0 Å². The molecule has 0 N–H and O–H groups in total. The van der Waals surface area contributed by atoms with Crippen molar-refractivity contribution in [2.45, 2.75) is 12.8 Å². The molecule has 3 aromatic rings. The molecule has 0 atom stereocenters. The van der Waals surface area contributed by atoms with Crippen LogP contribution in [0.1, 0.15) is 12.8 Å². The lowest BCUT2D eigenvalue weighted by Crippen LogP contribution is -2.21. The van der Waals surface area contributed by atoms with Crippen LogP contribution in [0, 0.1) is 5.92 Å². The Morgan fingerprint density at radius 2 is 1.69 bits per heavy atom. The third-order valence-electron chi connectivity index (χ3n) is 5.08. The van der Waals surface area contributed by atoms with Crippen molar-refractivity contribution in [1.29, 1.82) is 0 Å². The van der Waals surface area contributed by atoms with Crippen LogP contribution in [0.3, 0.4) is 0 Å². The van der Waals surface area contributed by atoms with Gasteiger partial charge in [0.15, 0.2) is 0 Å². The van der Waals surface area contributed by atoms with Crippen LogP contribution >= 0.6 is 34.8 Å². The van der Waals surface area contributed by atoms with Crippen LogP contribution in [0.25, 0.3) is 22.0 Å². The number of anilines is 1. The number of ether oxygens (including phenoxy) is 2. The van der Waals surface area contributed by atoms with Crippen LogP contribution in [-0.4, -0.2) is 37.8 Å². The summed E-state index contributed by atoms with van der Waals surface area (Å²) in [5.74, 6) is 2.43. The molecule has 0 saturated heterocycles. The molecule has 8 heteroatoms. The fraction of sp³-hybridized carbons (Fsp3) is 0.333. The molecule has 1 saturated carbocycles.